The van der Waals surface area contributed by atoms with Crippen LogP contribution in [0, 0.1) is 11.7 Å². The molecule has 0 amide bonds. The number of guanidine groups is 1. The molecule has 0 bridgehead atoms. The fourth-order valence-electron chi connectivity index (χ4n) is 3.67. The van der Waals surface area contributed by atoms with E-state index in [1.807, 2.05) is 17.0 Å². The Morgan fingerprint density at radius 1 is 1.16 bits per heavy atom. The number of benzene rings is 1. The summed E-state index contributed by atoms with van der Waals surface area (Å²) in [4.78, 5) is 6.26. The maximum atomic E-state index is 14.5. The van der Waals surface area contributed by atoms with E-state index in [0.29, 0.717) is 37.3 Å². The predicted molar refractivity (Wildman–Crippen MR) is 132 cm³/mol. The largest absolute Gasteiger partial charge is 0.381 e. The van der Waals surface area contributed by atoms with Crippen molar-refractivity contribution in [3.63, 3.8) is 0 Å². The summed E-state index contributed by atoms with van der Waals surface area (Å²) in [7, 11) is 1.74. The van der Waals surface area contributed by atoms with Gasteiger partial charge >= 0.3 is 0 Å². The van der Waals surface area contributed by atoms with Crippen molar-refractivity contribution in [2.45, 2.75) is 25.8 Å². The average molecular weight is 550 g/mol. The van der Waals surface area contributed by atoms with Gasteiger partial charge in [0.15, 0.2) is 5.96 Å². The molecule has 2 fully saturated rings. The van der Waals surface area contributed by atoms with Gasteiger partial charge in [-0.1, -0.05) is 6.07 Å². The van der Waals surface area contributed by atoms with E-state index in [1.54, 1.807) is 13.1 Å². The zero-order valence-electron chi connectivity index (χ0n) is 18.4. The van der Waals surface area contributed by atoms with E-state index < -0.39 is 0 Å². The molecule has 0 aromatic heterocycles. The smallest absolute Gasteiger partial charge is 0.191 e. The molecule has 0 saturated carbocycles. The van der Waals surface area contributed by atoms with Crippen LogP contribution in [0.5, 0.6) is 0 Å². The summed E-state index contributed by atoms with van der Waals surface area (Å²) in [6.07, 6.45) is 3.11. The number of morpholine rings is 1. The van der Waals surface area contributed by atoms with Gasteiger partial charge in [-0.3, -0.25) is 4.99 Å². The first kappa shape index (κ1) is 26.1. The lowest BCUT2D eigenvalue weighted by atomic mass is 10.0. The minimum absolute atomic E-state index is 0. The summed E-state index contributed by atoms with van der Waals surface area (Å²) in [5.41, 5.74) is 1.53. The van der Waals surface area contributed by atoms with Gasteiger partial charge in [0.25, 0.3) is 0 Å². The molecular weight excluding hydrogens is 514 g/mol. The fraction of sp³-hybridized carbons (Fsp3) is 0.682. The Kier molecular flexibility index (Phi) is 12.5. The standard InChI is InChI=1S/C22H35FN4O3.HI/c1-24-22(25-7-2-10-30-17-18-5-11-28-12-6-18)26-16-19-3-4-21(20(23)15-19)27-8-13-29-14-9-27;/h3-4,15,18H,2,5-14,16-17H2,1H3,(H2,24,25,26);1H. The summed E-state index contributed by atoms with van der Waals surface area (Å²) >= 11 is 0. The number of halogens is 2. The average Bonchev–Trinajstić information content (AvgIpc) is 2.79. The van der Waals surface area contributed by atoms with Crippen LogP contribution >= 0.6 is 24.0 Å². The number of rotatable bonds is 9. The van der Waals surface area contributed by atoms with Gasteiger partial charge in [0.05, 0.1) is 18.9 Å². The van der Waals surface area contributed by atoms with E-state index in [9.17, 15) is 4.39 Å². The van der Waals surface area contributed by atoms with Crippen LogP contribution in [0.3, 0.4) is 0 Å². The molecule has 2 aliphatic rings. The van der Waals surface area contributed by atoms with Crippen LogP contribution in [0.4, 0.5) is 10.1 Å². The number of nitrogens with one attached hydrogen (secondary N) is 2. The highest BCUT2D eigenvalue weighted by molar-refractivity contribution is 14.0. The van der Waals surface area contributed by atoms with Gasteiger partial charge in [-0.05, 0) is 42.9 Å². The van der Waals surface area contributed by atoms with Crippen molar-refractivity contribution in [2.75, 3.05) is 71.2 Å². The SMILES string of the molecule is CN=C(NCCCOCC1CCOCC1)NCc1ccc(N2CCOCC2)c(F)c1.I. The fourth-order valence-corrected chi connectivity index (χ4v) is 3.67. The highest BCUT2D eigenvalue weighted by atomic mass is 127. The molecule has 0 atom stereocenters. The Balaban J connectivity index is 0.00000341. The van der Waals surface area contributed by atoms with Crippen molar-refractivity contribution in [3.8, 4) is 0 Å². The highest BCUT2D eigenvalue weighted by Gasteiger charge is 2.15. The molecule has 1 aromatic carbocycles. The lowest BCUT2D eigenvalue weighted by molar-refractivity contribution is 0.0203. The number of anilines is 1. The summed E-state index contributed by atoms with van der Waals surface area (Å²) in [6, 6.07) is 5.40. The summed E-state index contributed by atoms with van der Waals surface area (Å²) in [5, 5.41) is 6.52. The van der Waals surface area contributed by atoms with Gasteiger partial charge in [-0.15, -0.1) is 24.0 Å². The second-order valence-corrected chi connectivity index (χ2v) is 7.72. The monoisotopic (exact) mass is 550 g/mol. The molecule has 176 valence electrons. The molecule has 0 unspecified atom stereocenters. The molecule has 31 heavy (non-hydrogen) atoms. The van der Waals surface area contributed by atoms with Crippen LogP contribution < -0.4 is 15.5 Å². The summed E-state index contributed by atoms with van der Waals surface area (Å²) in [5.74, 6) is 1.15. The van der Waals surface area contributed by atoms with Crippen LogP contribution in [0.25, 0.3) is 0 Å². The Morgan fingerprint density at radius 3 is 2.61 bits per heavy atom. The van der Waals surface area contributed by atoms with Gasteiger partial charge in [-0.2, -0.15) is 0 Å². The number of aliphatic imine (C=N–C) groups is 1. The highest BCUT2D eigenvalue weighted by Crippen LogP contribution is 2.21. The third-order valence-electron chi connectivity index (χ3n) is 5.50. The van der Waals surface area contributed by atoms with Crippen LogP contribution in [0.2, 0.25) is 0 Å². The molecule has 0 spiro atoms. The molecule has 0 radical (unpaired) electrons. The van der Waals surface area contributed by atoms with Gasteiger partial charge in [0, 0.05) is 59.7 Å². The normalized spacial score (nSPS) is 17.9. The topological polar surface area (TPSA) is 67.4 Å². The van der Waals surface area contributed by atoms with E-state index in [1.165, 1.54) is 0 Å². The maximum absolute atomic E-state index is 14.5. The number of hydrogen-bond acceptors (Lipinski definition) is 5. The Bertz CT molecular complexity index is 668. The predicted octanol–water partition coefficient (Wildman–Crippen LogP) is 2.78. The Hall–Kier alpha value is -1.17. The van der Waals surface area contributed by atoms with Gasteiger partial charge in [0.1, 0.15) is 5.82 Å². The minimum atomic E-state index is -0.194. The first-order chi connectivity index (χ1) is 14.8. The first-order valence-electron chi connectivity index (χ1n) is 11.0. The van der Waals surface area contributed by atoms with Crippen molar-refractivity contribution in [1.29, 1.82) is 0 Å². The lowest BCUT2D eigenvalue weighted by Crippen LogP contribution is -2.38. The molecule has 9 heteroatoms. The molecular formula is C22H36FIN4O3. The second kappa shape index (κ2) is 14.8. The van der Waals surface area contributed by atoms with Crippen molar-refractivity contribution in [2.24, 2.45) is 10.9 Å². The molecule has 2 heterocycles. The summed E-state index contributed by atoms with van der Waals surface area (Å²) < 4.78 is 31.0. The van der Waals surface area contributed by atoms with Gasteiger partial charge in [0.2, 0.25) is 0 Å². The number of hydrogen-bond donors (Lipinski definition) is 2. The zero-order valence-corrected chi connectivity index (χ0v) is 20.7. The minimum Gasteiger partial charge on any atom is -0.381 e. The number of ether oxygens (including phenoxy) is 3. The molecule has 7 nitrogen and oxygen atoms in total. The maximum Gasteiger partial charge on any atom is 0.191 e. The lowest BCUT2D eigenvalue weighted by Gasteiger charge is -2.29. The summed E-state index contributed by atoms with van der Waals surface area (Å²) in [6.45, 7) is 7.30. The molecule has 2 aliphatic heterocycles. The van der Waals surface area contributed by atoms with E-state index >= 15 is 0 Å². The van der Waals surface area contributed by atoms with Crippen molar-refractivity contribution < 1.29 is 18.6 Å². The van der Waals surface area contributed by atoms with Crippen molar-refractivity contribution >= 4 is 35.6 Å². The van der Waals surface area contributed by atoms with Gasteiger partial charge in [-0.25, -0.2) is 4.39 Å². The molecule has 2 saturated heterocycles. The van der Waals surface area contributed by atoms with Crippen LogP contribution in [-0.4, -0.2) is 72.3 Å². The quantitative estimate of drug-likeness (QED) is 0.214. The third-order valence-corrected chi connectivity index (χ3v) is 5.50. The first-order valence-corrected chi connectivity index (χ1v) is 11.0. The number of nitrogens with zero attached hydrogens (tertiary/aromatic N) is 2. The van der Waals surface area contributed by atoms with Crippen LogP contribution in [-0.2, 0) is 20.8 Å². The van der Waals surface area contributed by atoms with E-state index in [2.05, 4.69) is 15.6 Å². The zero-order chi connectivity index (χ0) is 21.0. The molecule has 2 N–H and O–H groups in total. The van der Waals surface area contributed by atoms with Crippen molar-refractivity contribution in [3.05, 3.63) is 29.6 Å². The van der Waals surface area contributed by atoms with Crippen molar-refractivity contribution in [1.82, 2.24) is 10.6 Å². The van der Waals surface area contributed by atoms with E-state index in [0.717, 1.165) is 70.9 Å². The van der Waals surface area contributed by atoms with E-state index in [4.69, 9.17) is 14.2 Å². The third kappa shape index (κ3) is 9.07. The molecule has 1 aromatic rings. The van der Waals surface area contributed by atoms with Crippen LogP contribution in [0.1, 0.15) is 24.8 Å². The van der Waals surface area contributed by atoms with Crippen LogP contribution in [0.15, 0.2) is 23.2 Å². The Labute approximate surface area is 202 Å². The van der Waals surface area contributed by atoms with E-state index in [-0.39, 0.29) is 29.8 Å². The Morgan fingerprint density at radius 2 is 1.90 bits per heavy atom. The molecule has 3 rings (SSSR count). The second-order valence-electron chi connectivity index (χ2n) is 7.72. The van der Waals surface area contributed by atoms with Gasteiger partial charge < -0.3 is 29.7 Å². The molecule has 0 aliphatic carbocycles.